The Kier molecular flexibility index (Phi) is 3.86. The number of esters is 1. The van der Waals surface area contributed by atoms with Crippen LogP contribution in [0.5, 0.6) is 0 Å². The van der Waals surface area contributed by atoms with E-state index < -0.39 is 5.97 Å². The van der Waals surface area contributed by atoms with Crippen molar-refractivity contribution in [3.8, 4) is 0 Å². The molecule has 4 heteroatoms. The van der Waals surface area contributed by atoms with Gasteiger partial charge in [-0.15, -0.1) is 0 Å². The smallest absolute Gasteiger partial charge is 0.310 e. The number of aryl methyl sites for hydroxylation is 1. The molecule has 0 heterocycles. The summed E-state index contributed by atoms with van der Waals surface area (Å²) in [5.74, 6) is -0.391. The highest BCUT2D eigenvalue weighted by Gasteiger charge is 2.10. The maximum Gasteiger partial charge on any atom is 0.310 e. The van der Waals surface area contributed by atoms with Crippen LogP contribution in [0.2, 0.25) is 5.02 Å². The number of hydrogen-bond acceptors (Lipinski definition) is 3. The number of ether oxygens (including phenoxy) is 1. The lowest BCUT2D eigenvalue weighted by atomic mass is 10.0. The Labute approximate surface area is 93.0 Å². The molecule has 3 nitrogen and oxygen atoms in total. The molecule has 1 aromatic rings. The molecule has 0 radical (unpaired) electrons. The Morgan fingerprint density at radius 2 is 2.20 bits per heavy atom. The molecule has 0 amide bonds. The molecule has 1 rings (SSSR count). The van der Waals surface area contributed by atoms with Gasteiger partial charge in [0.1, 0.15) is 6.29 Å². The average Bonchev–Trinajstić information content (AvgIpc) is 2.22. The molecule has 0 saturated heterocycles. The van der Waals surface area contributed by atoms with Gasteiger partial charge in [0.2, 0.25) is 0 Å². The van der Waals surface area contributed by atoms with Crippen molar-refractivity contribution in [1.29, 1.82) is 0 Å². The van der Waals surface area contributed by atoms with Gasteiger partial charge in [-0.3, -0.25) is 9.59 Å². The summed E-state index contributed by atoms with van der Waals surface area (Å²) in [6.45, 7) is 1.80. The van der Waals surface area contributed by atoms with Crippen LogP contribution in [0.25, 0.3) is 0 Å². The van der Waals surface area contributed by atoms with Crippen molar-refractivity contribution in [3.63, 3.8) is 0 Å². The van der Waals surface area contributed by atoms with Gasteiger partial charge in [-0.25, -0.2) is 0 Å². The van der Waals surface area contributed by atoms with Gasteiger partial charge in [0.15, 0.2) is 0 Å². The van der Waals surface area contributed by atoms with Crippen molar-refractivity contribution in [2.24, 2.45) is 0 Å². The number of benzene rings is 1. The molecule has 0 bridgehead atoms. The molecule has 0 spiro atoms. The van der Waals surface area contributed by atoms with Crippen molar-refractivity contribution in [2.75, 3.05) is 7.11 Å². The van der Waals surface area contributed by atoms with Gasteiger partial charge in [0.25, 0.3) is 0 Å². The number of hydrogen-bond donors (Lipinski definition) is 0. The lowest BCUT2D eigenvalue weighted by Crippen LogP contribution is -2.07. The second-order valence-electron chi connectivity index (χ2n) is 3.17. The molecule has 0 aromatic heterocycles. The third-order valence-electron chi connectivity index (χ3n) is 2.11. The third-order valence-corrected chi connectivity index (χ3v) is 2.52. The lowest BCUT2D eigenvalue weighted by molar-refractivity contribution is -0.139. The van der Waals surface area contributed by atoms with Gasteiger partial charge in [0.05, 0.1) is 13.5 Å². The summed E-state index contributed by atoms with van der Waals surface area (Å²) >= 11 is 5.90. The van der Waals surface area contributed by atoms with Crippen LogP contribution in [0, 0.1) is 6.92 Å². The maximum absolute atomic E-state index is 11.1. The minimum Gasteiger partial charge on any atom is -0.469 e. The van der Waals surface area contributed by atoms with Gasteiger partial charge in [-0.1, -0.05) is 11.6 Å². The first-order valence-corrected chi connectivity index (χ1v) is 4.77. The molecule has 0 saturated carbocycles. The topological polar surface area (TPSA) is 43.4 Å². The number of methoxy groups -OCH3 is 1. The van der Waals surface area contributed by atoms with Crippen LogP contribution in [0.1, 0.15) is 21.5 Å². The highest BCUT2D eigenvalue weighted by molar-refractivity contribution is 6.31. The highest BCUT2D eigenvalue weighted by atomic mass is 35.5. The standard InChI is InChI=1S/C11H11ClO3/c1-7-3-9(6-13)8(4-10(7)12)5-11(14)15-2/h3-4,6H,5H2,1-2H3. The normalized spacial score (nSPS) is 9.80. The fourth-order valence-electron chi connectivity index (χ4n) is 1.24. The predicted molar refractivity (Wildman–Crippen MR) is 57.3 cm³/mol. The molecule has 80 valence electrons. The molecule has 0 atom stereocenters. The first-order valence-electron chi connectivity index (χ1n) is 4.39. The van der Waals surface area contributed by atoms with E-state index in [0.717, 1.165) is 5.56 Å². The van der Waals surface area contributed by atoms with Crippen molar-refractivity contribution < 1.29 is 14.3 Å². The Hall–Kier alpha value is -1.35. The quantitative estimate of drug-likeness (QED) is 0.586. The number of carbonyl (C=O) groups excluding carboxylic acids is 2. The summed E-state index contributed by atoms with van der Waals surface area (Å²) in [6.07, 6.45) is 0.770. The molecule has 0 fully saturated rings. The SMILES string of the molecule is COC(=O)Cc1cc(Cl)c(C)cc1C=O. The van der Waals surface area contributed by atoms with E-state index in [0.29, 0.717) is 22.4 Å². The summed E-state index contributed by atoms with van der Waals surface area (Å²) < 4.78 is 4.53. The zero-order chi connectivity index (χ0) is 11.4. The Morgan fingerprint density at radius 1 is 1.53 bits per heavy atom. The van der Waals surface area contributed by atoms with E-state index in [1.165, 1.54) is 7.11 Å². The second kappa shape index (κ2) is 4.94. The van der Waals surface area contributed by atoms with E-state index in [9.17, 15) is 9.59 Å². The summed E-state index contributed by atoms with van der Waals surface area (Å²) in [5.41, 5.74) is 1.88. The fraction of sp³-hybridized carbons (Fsp3) is 0.273. The lowest BCUT2D eigenvalue weighted by Gasteiger charge is -2.06. The van der Waals surface area contributed by atoms with E-state index in [2.05, 4.69) is 4.74 Å². The van der Waals surface area contributed by atoms with E-state index in [-0.39, 0.29) is 6.42 Å². The monoisotopic (exact) mass is 226 g/mol. The van der Waals surface area contributed by atoms with E-state index >= 15 is 0 Å². The molecule has 0 aliphatic rings. The van der Waals surface area contributed by atoms with E-state index in [1.807, 2.05) is 0 Å². The average molecular weight is 227 g/mol. The summed E-state index contributed by atoms with van der Waals surface area (Å²) in [4.78, 5) is 21.8. The first kappa shape index (κ1) is 11.7. The molecule has 15 heavy (non-hydrogen) atoms. The minimum absolute atomic E-state index is 0.0601. The Balaban J connectivity index is 3.10. The summed E-state index contributed by atoms with van der Waals surface area (Å²) in [7, 11) is 1.30. The molecule has 0 unspecified atom stereocenters. The van der Waals surface area contributed by atoms with Crippen LogP contribution in [-0.4, -0.2) is 19.4 Å². The molecule has 1 aromatic carbocycles. The van der Waals surface area contributed by atoms with Gasteiger partial charge >= 0.3 is 5.97 Å². The Morgan fingerprint density at radius 3 is 2.73 bits per heavy atom. The first-order chi connectivity index (χ1) is 7.08. The van der Waals surface area contributed by atoms with Crippen LogP contribution in [0.15, 0.2) is 12.1 Å². The van der Waals surface area contributed by atoms with Crippen LogP contribution in [0.4, 0.5) is 0 Å². The maximum atomic E-state index is 11.1. The van der Waals surface area contributed by atoms with Crippen LogP contribution < -0.4 is 0 Å². The number of aldehydes is 1. The zero-order valence-corrected chi connectivity index (χ0v) is 9.30. The summed E-state index contributed by atoms with van der Waals surface area (Å²) in [6, 6.07) is 3.28. The summed E-state index contributed by atoms with van der Waals surface area (Å²) in [5, 5.41) is 0.541. The minimum atomic E-state index is -0.391. The third kappa shape index (κ3) is 2.80. The van der Waals surface area contributed by atoms with Gasteiger partial charge < -0.3 is 4.74 Å². The second-order valence-corrected chi connectivity index (χ2v) is 3.58. The van der Waals surface area contributed by atoms with Crippen molar-refractivity contribution in [1.82, 2.24) is 0 Å². The van der Waals surface area contributed by atoms with Crippen LogP contribution in [0.3, 0.4) is 0 Å². The van der Waals surface area contributed by atoms with Gasteiger partial charge in [0, 0.05) is 10.6 Å². The fourth-order valence-corrected chi connectivity index (χ4v) is 1.42. The van der Waals surface area contributed by atoms with Crippen molar-refractivity contribution in [2.45, 2.75) is 13.3 Å². The molecule has 0 aliphatic heterocycles. The molecule has 0 aliphatic carbocycles. The van der Waals surface area contributed by atoms with Crippen LogP contribution in [-0.2, 0) is 16.0 Å². The predicted octanol–water partition coefficient (Wildman–Crippen LogP) is 2.18. The number of carbonyl (C=O) groups is 2. The number of rotatable bonds is 3. The molecular formula is C11H11ClO3. The number of halogens is 1. The van der Waals surface area contributed by atoms with Crippen molar-refractivity contribution in [3.05, 3.63) is 33.8 Å². The van der Waals surface area contributed by atoms with Crippen LogP contribution >= 0.6 is 11.6 Å². The van der Waals surface area contributed by atoms with E-state index in [4.69, 9.17) is 11.6 Å². The largest absolute Gasteiger partial charge is 0.469 e. The van der Waals surface area contributed by atoms with Gasteiger partial charge in [-0.05, 0) is 30.2 Å². The zero-order valence-electron chi connectivity index (χ0n) is 8.54. The van der Waals surface area contributed by atoms with E-state index in [1.54, 1.807) is 19.1 Å². The molecule has 0 N–H and O–H groups in total. The van der Waals surface area contributed by atoms with Gasteiger partial charge in [-0.2, -0.15) is 0 Å². The highest BCUT2D eigenvalue weighted by Crippen LogP contribution is 2.20. The van der Waals surface area contributed by atoms with Crippen molar-refractivity contribution >= 4 is 23.9 Å². The molecular weight excluding hydrogens is 216 g/mol. The Bertz CT molecular complexity index is 399.